The summed E-state index contributed by atoms with van der Waals surface area (Å²) in [6.07, 6.45) is -2.90. The molecule has 0 radical (unpaired) electrons. The van der Waals surface area contributed by atoms with Crippen LogP contribution in [0.1, 0.15) is 19.8 Å². The Kier molecular flexibility index (Phi) is 11.2. The third-order valence-electron chi connectivity index (χ3n) is 6.15. The zero-order valence-electron chi connectivity index (χ0n) is 23.1. The van der Waals surface area contributed by atoms with Crippen molar-refractivity contribution in [3.8, 4) is 5.69 Å². The van der Waals surface area contributed by atoms with Crippen LogP contribution in [-0.2, 0) is 24.2 Å². The number of hydrogen-bond donors (Lipinski definition) is 5. The van der Waals surface area contributed by atoms with Gasteiger partial charge in [-0.1, -0.05) is 11.2 Å². The second-order valence-corrected chi connectivity index (χ2v) is 11.3. The van der Waals surface area contributed by atoms with Crippen molar-refractivity contribution in [3.63, 3.8) is 0 Å². The standard InChI is InChI=1S/C21H23N5O4S.2C2HF3O2/c1-12-15(7-8-18(25-28)19(12)22)16-11-17(16)20(27)24-13-3-5-14(6-4-13)26-10-9-23-21(26)31(2,29)30;2*3-2(4,5)1(6)7/h3-7,9-10,16-17,28H,8,11,22H2,1-2H3,(H,24,27);2*(H,6,7)/t16-,17-;;/m1../s1. The van der Waals surface area contributed by atoms with Gasteiger partial charge in [0.25, 0.3) is 0 Å². The Morgan fingerprint density at radius 3 is 2.00 bits per heavy atom. The first-order valence-electron chi connectivity index (χ1n) is 12.2. The van der Waals surface area contributed by atoms with Crippen LogP contribution < -0.4 is 11.1 Å². The summed E-state index contributed by atoms with van der Waals surface area (Å²) >= 11 is 0. The van der Waals surface area contributed by atoms with Gasteiger partial charge in [0.2, 0.25) is 20.9 Å². The van der Waals surface area contributed by atoms with Crippen molar-refractivity contribution < 1.29 is 64.6 Å². The number of anilines is 1. The molecule has 246 valence electrons. The van der Waals surface area contributed by atoms with Gasteiger partial charge in [0.1, 0.15) is 5.71 Å². The fourth-order valence-corrected chi connectivity index (χ4v) is 4.67. The molecule has 0 unspecified atom stereocenters. The maximum absolute atomic E-state index is 12.7. The summed E-state index contributed by atoms with van der Waals surface area (Å²) < 4.78 is 88.7. The van der Waals surface area contributed by atoms with Gasteiger partial charge in [0.05, 0.1) is 5.70 Å². The number of carboxylic acids is 2. The average molecular weight is 670 g/mol. The molecule has 13 nitrogen and oxygen atoms in total. The fraction of sp³-hybridized carbons (Fsp3) is 0.320. The molecule has 4 rings (SSSR count). The summed E-state index contributed by atoms with van der Waals surface area (Å²) in [5, 5.41) is 29.3. The van der Waals surface area contributed by atoms with E-state index in [1.807, 2.05) is 13.0 Å². The lowest BCUT2D eigenvalue weighted by Gasteiger charge is -2.17. The van der Waals surface area contributed by atoms with E-state index >= 15 is 0 Å². The predicted octanol–water partition coefficient (Wildman–Crippen LogP) is 3.51. The molecule has 0 bridgehead atoms. The maximum atomic E-state index is 12.7. The van der Waals surface area contributed by atoms with Crippen molar-refractivity contribution in [2.24, 2.45) is 22.7 Å². The first-order chi connectivity index (χ1) is 20.6. The van der Waals surface area contributed by atoms with E-state index in [4.69, 9.17) is 30.7 Å². The zero-order valence-corrected chi connectivity index (χ0v) is 23.9. The van der Waals surface area contributed by atoms with E-state index in [0.717, 1.165) is 23.8 Å². The minimum atomic E-state index is -5.08. The van der Waals surface area contributed by atoms with E-state index in [1.54, 1.807) is 30.5 Å². The number of alkyl halides is 6. The van der Waals surface area contributed by atoms with Gasteiger partial charge in [0, 0.05) is 42.4 Å². The van der Waals surface area contributed by atoms with E-state index in [-0.39, 0.29) is 22.9 Å². The van der Waals surface area contributed by atoms with Gasteiger partial charge in [-0.3, -0.25) is 9.36 Å². The number of halogens is 6. The van der Waals surface area contributed by atoms with Crippen molar-refractivity contribution in [1.29, 1.82) is 0 Å². The number of hydrogen-bond acceptors (Lipinski definition) is 9. The number of rotatable bonds is 5. The summed E-state index contributed by atoms with van der Waals surface area (Å²) in [5.41, 5.74) is 10.1. The Labute approximate surface area is 250 Å². The Bertz CT molecular complexity index is 1620. The summed E-state index contributed by atoms with van der Waals surface area (Å²) in [6.45, 7) is 1.87. The number of aromatic nitrogens is 2. The van der Waals surface area contributed by atoms with E-state index in [9.17, 15) is 39.6 Å². The van der Waals surface area contributed by atoms with Crippen LogP contribution in [0.15, 0.2) is 69.9 Å². The molecule has 2 aromatic rings. The number of amides is 1. The molecule has 1 aromatic carbocycles. The third kappa shape index (κ3) is 9.81. The molecule has 1 aromatic heterocycles. The number of sulfone groups is 1. The van der Waals surface area contributed by atoms with Gasteiger partial charge >= 0.3 is 24.3 Å². The number of nitrogens with zero attached hydrogens (tertiary/aromatic N) is 3. The molecule has 2 aliphatic rings. The number of benzene rings is 1. The topological polar surface area (TPSA) is 214 Å². The molecule has 2 aliphatic carbocycles. The van der Waals surface area contributed by atoms with Crippen LogP contribution in [0.3, 0.4) is 0 Å². The van der Waals surface area contributed by atoms with E-state index in [0.29, 0.717) is 29.2 Å². The Morgan fingerprint density at radius 2 is 1.56 bits per heavy atom. The van der Waals surface area contributed by atoms with E-state index < -0.39 is 34.1 Å². The smallest absolute Gasteiger partial charge is 0.475 e. The molecule has 1 fully saturated rings. The normalized spacial score (nSPS) is 18.9. The van der Waals surface area contributed by atoms with Crippen molar-refractivity contribution >= 4 is 39.1 Å². The minimum absolute atomic E-state index is 0.0389. The SMILES string of the molecule is CC1=C(N)C(=NO)CC=C1[C@H]1C[C@H]1C(=O)Nc1ccc(-n2ccnc2S(C)(=O)=O)cc1.O=C(O)C(F)(F)F.O=C(O)C(F)(F)F. The van der Waals surface area contributed by atoms with Crippen LogP contribution >= 0.6 is 0 Å². The van der Waals surface area contributed by atoms with Gasteiger partial charge in [-0.15, -0.1) is 0 Å². The monoisotopic (exact) mass is 669 g/mol. The zero-order chi connectivity index (χ0) is 34.5. The second kappa shape index (κ2) is 13.8. The lowest BCUT2D eigenvalue weighted by molar-refractivity contribution is -0.193. The number of imidazole rings is 1. The van der Waals surface area contributed by atoms with Gasteiger partial charge in [-0.05, 0) is 54.7 Å². The van der Waals surface area contributed by atoms with Crippen LogP contribution in [-0.4, -0.2) is 75.6 Å². The first-order valence-corrected chi connectivity index (χ1v) is 14.1. The van der Waals surface area contributed by atoms with Crippen LogP contribution in [0.25, 0.3) is 5.69 Å². The van der Waals surface area contributed by atoms with Gasteiger partial charge in [0.15, 0.2) is 0 Å². The first kappa shape index (κ1) is 36.3. The summed E-state index contributed by atoms with van der Waals surface area (Å²) in [4.78, 5) is 34.4. The maximum Gasteiger partial charge on any atom is 0.490 e. The summed E-state index contributed by atoms with van der Waals surface area (Å²) in [6, 6.07) is 6.90. The molecule has 6 N–H and O–H groups in total. The van der Waals surface area contributed by atoms with Crippen LogP contribution in [0, 0.1) is 11.8 Å². The number of nitrogens with one attached hydrogen (secondary N) is 1. The Balaban J connectivity index is 0.000000421. The Morgan fingerprint density at radius 1 is 1.04 bits per heavy atom. The Hall–Kier alpha value is -4.88. The molecule has 1 amide bonds. The minimum Gasteiger partial charge on any atom is -0.475 e. The molecule has 0 aliphatic heterocycles. The van der Waals surface area contributed by atoms with Crippen LogP contribution in [0.2, 0.25) is 0 Å². The number of carbonyl (C=O) groups excluding carboxylic acids is 1. The fourth-order valence-electron chi connectivity index (χ4n) is 3.90. The van der Waals surface area contributed by atoms with Crippen molar-refractivity contribution in [3.05, 3.63) is 59.6 Å². The quantitative estimate of drug-likeness (QED) is 0.177. The molecule has 45 heavy (non-hydrogen) atoms. The molecule has 20 heteroatoms. The van der Waals surface area contributed by atoms with Crippen molar-refractivity contribution in [2.45, 2.75) is 37.3 Å². The van der Waals surface area contributed by atoms with Crippen molar-refractivity contribution in [1.82, 2.24) is 9.55 Å². The van der Waals surface area contributed by atoms with E-state index in [1.165, 1.54) is 10.8 Å². The molecule has 0 spiro atoms. The van der Waals surface area contributed by atoms with Crippen molar-refractivity contribution in [2.75, 3.05) is 11.6 Å². The number of aliphatic carboxylic acids is 2. The highest BCUT2D eigenvalue weighted by Crippen LogP contribution is 2.48. The number of carbonyl (C=O) groups is 3. The van der Waals surface area contributed by atoms with E-state index in [2.05, 4.69) is 15.5 Å². The van der Waals surface area contributed by atoms with Gasteiger partial charge < -0.3 is 26.5 Å². The van der Waals surface area contributed by atoms with Crippen LogP contribution in [0.5, 0.6) is 0 Å². The lowest BCUT2D eigenvalue weighted by Crippen LogP contribution is -2.21. The number of oxime groups is 1. The predicted molar refractivity (Wildman–Crippen MR) is 143 cm³/mol. The summed E-state index contributed by atoms with van der Waals surface area (Å²) in [5.74, 6) is -5.64. The second-order valence-electron chi connectivity index (χ2n) is 9.39. The molecule has 1 heterocycles. The molecular weight excluding hydrogens is 644 g/mol. The number of nitrogens with two attached hydrogens (primary N) is 1. The molecular formula is C25H25F6N5O8S. The molecule has 2 atom stereocenters. The van der Waals surface area contributed by atoms with Gasteiger partial charge in [-0.25, -0.2) is 23.0 Å². The number of carboxylic acid groups (broad SMARTS) is 2. The lowest BCUT2D eigenvalue weighted by atomic mass is 9.91. The highest BCUT2D eigenvalue weighted by Gasteiger charge is 2.46. The number of allylic oxidation sites excluding steroid dienone is 4. The highest BCUT2D eigenvalue weighted by atomic mass is 32.2. The largest absolute Gasteiger partial charge is 0.490 e. The molecule has 1 saturated carbocycles. The van der Waals surface area contributed by atoms with Gasteiger partial charge in [-0.2, -0.15) is 26.3 Å². The average Bonchev–Trinajstić information content (AvgIpc) is 3.55. The molecule has 0 saturated heterocycles. The van der Waals surface area contributed by atoms with Crippen LogP contribution in [0.4, 0.5) is 32.0 Å². The highest BCUT2D eigenvalue weighted by molar-refractivity contribution is 7.90. The third-order valence-corrected chi connectivity index (χ3v) is 7.11. The summed E-state index contributed by atoms with van der Waals surface area (Å²) in [7, 11) is -3.46.